The number of benzene rings is 1. The summed E-state index contributed by atoms with van der Waals surface area (Å²) in [6.07, 6.45) is 0.719. The van der Waals surface area contributed by atoms with Crippen molar-refractivity contribution in [3.63, 3.8) is 0 Å². The Hall–Kier alpha value is -2.02. The van der Waals surface area contributed by atoms with E-state index >= 15 is 0 Å². The van der Waals surface area contributed by atoms with Crippen molar-refractivity contribution in [2.45, 2.75) is 12.8 Å². The molecule has 0 bridgehead atoms. The second-order valence-corrected chi connectivity index (χ2v) is 3.75. The van der Waals surface area contributed by atoms with Gasteiger partial charge in [0.15, 0.2) is 0 Å². The van der Waals surface area contributed by atoms with E-state index in [2.05, 4.69) is 0 Å². The second kappa shape index (κ2) is 6.54. The number of likely N-dealkylation sites (N-methyl/N-ethyl adjacent to an activating group) is 1. The Bertz CT molecular complexity index is 406. The van der Waals surface area contributed by atoms with Gasteiger partial charge in [0.05, 0.1) is 13.2 Å². The van der Waals surface area contributed by atoms with Gasteiger partial charge in [-0.05, 0) is 24.1 Å². The number of amides is 1. The Morgan fingerprint density at radius 2 is 2.06 bits per heavy atom. The number of methoxy groups -OCH3 is 1. The van der Waals surface area contributed by atoms with Gasteiger partial charge in [0, 0.05) is 13.6 Å². The molecule has 90 valence electrons. The first-order valence-corrected chi connectivity index (χ1v) is 5.41. The third kappa shape index (κ3) is 4.15. The molecule has 0 saturated heterocycles. The normalized spacial score (nSPS) is 9.47. The van der Waals surface area contributed by atoms with Crippen LogP contribution >= 0.6 is 0 Å². The highest BCUT2D eigenvalue weighted by molar-refractivity contribution is 5.77. The molecule has 0 fully saturated rings. The van der Waals surface area contributed by atoms with Crippen LogP contribution in [0.4, 0.5) is 0 Å². The van der Waals surface area contributed by atoms with E-state index in [0.717, 1.165) is 17.7 Å². The first-order valence-electron chi connectivity index (χ1n) is 5.41. The molecule has 4 nitrogen and oxygen atoms in total. The highest BCUT2D eigenvalue weighted by atomic mass is 16.5. The average Bonchev–Trinajstić information content (AvgIpc) is 2.36. The minimum absolute atomic E-state index is 0.0564. The SMILES string of the molecule is COc1ccc(CCN(C)C(=O)CC#N)cc1. The van der Waals surface area contributed by atoms with Crippen molar-refractivity contribution < 1.29 is 9.53 Å². The lowest BCUT2D eigenvalue weighted by Crippen LogP contribution is -2.28. The van der Waals surface area contributed by atoms with Crippen molar-refractivity contribution >= 4 is 5.91 Å². The predicted molar refractivity (Wildman–Crippen MR) is 64.6 cm³/mol. The van der Waals surface area contributed by atoms with Gasteiger partial charge in [0.1, 0.15) is 12.2 Å². The van der Waals surface area contributed by atoms with Crippen LogP contribution in [0.15, 0.2) is 24.3 Å². The number of carbonyl (C=O) groups excluding carboxylic acids is 1. The fourth-order valence-corrected chi connectivity index (χ4v) is 1.42. The third-order valence-electron chi connectivity index (χ3n) is 2.55. The Morgan fingerprint density at radius 1 is 1.41 bits per heavy atom. The number of nitrogens with zero attached hydrogens (tertiary/aromatic N) is 2. The molecule has 1 amide bonds. The van der Waals surface area contributed by atoms with Crippen LogP contribution in [0.25, 0.3) is 0 Å². The van der Waals surface area contributed by atoms with Crippen LogP contribution in [0.1, 0.15) is 12.0 Å². The summed E-state index contributed by atoms with van der Waals surface area (Å²) in [5.41, 5.74) is 1.14. The van der Waals surface area contributed by atoms with Crippen LogP contribution < -0.4 is 4.74 Å². The lowest BCUT2D eigenvalue weighted by atomic mass is 10.1. The Labute approximate surface area is 101 Å². The van der Waals surface area contributed by atoms with Gasteiger partial charge in [0.2, 0.25) is 5.91 Å². The molecule has 17 heavy (non-hydrogen) atoms. The Morgan fingerprint density at radius 3 is 2.59 bits per heavy atom. The molecule has 0 saturated carbocycles. The summed E-state index contributed by atoms with van der Waals surface area (Å²) < 4.78 is 5.06. The van der Waals surface area contributed by atoms with Crippen molar-refractivity contribution in [1.82, 2.24) is 4.90 Å². The minimum Gasteiger partial charge on any atom is -0.497 e. The molecule has 1 rings (SSSR count). The van der Waals surface area contributed by atoms with E-state index in [1.807, 2.05) is 30.3 Å². The van der Waals surface area contributed by atoms with E-state index in [9.17, 15) is 4.79 Å². The first-order chi connectivity index (χ1) is 8.17. The zero-order valence-corrected chi connectivity index (χ0v) is 10.1. The molecule has 0 unspecified atom stereocenters. The molecule has 1 aromatic rings. The first kappa shape index (κ1) is 13.0. The van der Waals surface area contributed by atoms with Crippen LogP contribution in [0.3, 0.4) is 0 Å². The number of hydrogen-bond acceptors (Lipinski definition) is 3. The van der Waals surface area contributed by atoms with Gasteiger partial charge in [-0.25, -0.2) is 0 Å². The van der Waals surface area contributed by atoms with E-state index in [1.54, 1.807) is 19.1 Å². The minimum atomic E-state index is -0.138. The van der Waals surface area contributed by atoms with E-state index in [1.165, 1.54) is 0 Å². The maximum atomic E-state index is 11.3. The number of rotatable bonds is 5. The average molecular weight is 232 g/mol. The molecule has 0 spiro atoms. The smallest absolute Gasteiger partial charge is 0.236 e. The number of ether oxygens (including phenoxy) is 1. The van der Waals surface area contributed by atoms with Crippen LogP contribution in [-0.4, -0.2) is 31.5 Å². The highest BCUT2D eigenvalue weighted by Crippen LogP contribution is 2.11. The maximum Gasteiger partial charge on any atom is 0.236 e. The molecule has 1 aromatic carbocycles. The molecular weight excluding hydrogens is 216 g/mol. The highest BCUT2D eigenvalue weighted by Gasteiger charge is 2.07. The summed E-state index contributed by atoms with van der Waals surface area (Å²) in [5.74, 6) is 0.684. The zero-order valence-electron chi connectivity index (χ0n) is 10.1. The zero-order chi connectivity index (χ0) is 12.7. The Kier molecular flexibility index (Phi) is 5.02. The molecule has 0 aliphatic carbocycles. The van der Waals surface area contributed by atoms with Crippen molar-refractivity contribution in [2.75, 3.05) is 20.7 Å². The monoisotopic (exact) mass is 232 g/mol. The van der Waals surface area contributed by atoms with Crippen LogP contribution in [0.5, 0.6) is 5.75 Å². The van der Waals surface area contributed by atoms with Gasteiger partial charge in [-0.3, -0.25) is 4.79 Å². The van der Waals surface area contributed by atoms with E-state index in [-0.39, 0.29) is 12.3 Å². The maximum absolute atomic E-state index is 11.3. The third-order valence-corrected chi connectivity index (χ3v) is 2.55. The van der Waals surface area contributed by atoms with Gasteiger partial charge < -0.3 is 9.64 Å². The predicted octanol–water partition coefficient (Wildman–Crippen LogP) is 1.61. The second-order valence-electron chi connectivity index (χ2n) is 3.75. The molecule has 0 N–H and O–H groups in total. The fourth-order valence-electron chi connectivity index (χ4n) is 1.42. The molecular formula is C13H16N2O2. The van der Waals surface area contributed by atoms with Gasteiger partial charge >= 0.3 is 0 Å². The Balaban J connectivity index is 2.44. The van der Waals surface area contributed by atoms with Crippen LogP contribution in [0.2, 0.25) is 0 Å². The van der Waals surface area contributed by atoms with Crippen LogP contribution in [0, 0.1) is 11.3 Å². The summed E-state index contributed by atoms with van der Waals surface area (Å²) in [4.78, 5) is 12.9. The standard InChI is InChI=1S/C13H16N2O2/c1-15(13(16)7-9-14)10-8-11-3-5-12(17-2)6-4-11/h3-6H,7-8,10H2,1-2H3. The molecule has 4 heteroatoms. The summed E-state index contributed by atoms with van der Waals surface area (Å²) in [6.45, 7) is 0.618. The molecule has 0 aromatic heterocycles. The summed E-state index contributed by atoms with van der Waals surface area (Å²) in [5, 5.41) is 8.42. The fraction of sp³-hybridized carbons (Fsp3) is 0.385. The number of nitriles is 1. The van der Waals surface area contributed by atoms with E-state index < -0.39 is 0 Å². The van der Waals surface area contributed by atoms with Crippen LogP contribution in [-0.2, 0) is 11.2 Å². The van der Waals surface area contributed by atoms with Gasteiger partial charge in [-0.1, -0.05) is 12.1 Å². The lowest BCUT2D eigenvalue weighted by molar-refractivity contribution is -0.128. The van der Waals surface area contributed by atoms with Crippen molar-refractivity contribution in [3.8, 4) is 11.8 Å². The summed E-state index contributed by atoms with van der Waals surface area (Å²) >= 11 is 0. The van der Waals surface area contributed by atoms with E-state index in [4.69, 9.17) is 10.00 Å². The van der Waals surface area contributed by atoms with E-state index in [0.29, 0.717) is 6.54 Å². The summed E-state index contributed by atoms with van der Waals surface area (Å²) in [6, 6.07) is 9.59. The number of hydrogen-bond donors (Lipinski definition) is 0. The van der Waals surface area contributed by atoms with Gasteiger partial charge in [0.25, 0.3) is 0 Å². The van der Waals surface area contributed by atoms with Crippen molar-refractivity contribution in [1.29, 1.82) is 5.26 Å². The molecule has 0 aliphatic heterocycles. The lowest BCUT2D eigenvalue weighted by Gasteiger charge is -2.15. The topological polar surface area (TPSA) is 53.3 Å². The van der Waals surface area contributed by atoms with Crippen molar-refractivity contribution in [2.24, 2.45) is 0 Å². The number of carbonyl (C=O) groups is 1. The molecule has 0 aliphatic rings. The molecule has 0 atom stereocenters. The molecule has 0 heterocycles. The van der Waals surface area contributed by atoms with Crippen molar-refractivity contribution in [3.05, 3.63) is 29.8 Å². The largest absolute Gasteiger partial charge is 0.497 e. The van der Waals surface area contributed by atoms with Gasteiger partial charge in [-0.2, -0.15) is 5.26 Å². The van der Waals surface area contributed by atoms with Gasteiger partial charge in [-0.15, -0.1) is 0 Å². The quantitative estimate of drug-likeness (QED) is 0.775. The molecule has 0 radical (unpaired) electrons. The summed E-state index contributed by atoms with van der Waals surface area (Å²) in [7, 11) is 3.34.